The Bertz CT molecular complexity index is 620. The van der Waals surface area contributed by atoms with Gasteiger partial charge >= 0.3 is 7.12 Å². The molecule has 0 N–H and O–H groups in total. The second kappa shape index (κ2) is 3.80. The van der Waals surface area contributed by atoms with Crippen molar-refractivity contribution >= 4 is 18.1 Å². The van der Waals surface area contributed by atoms with Gasteiger partial charge in [0, 0.05) is 11.7 Å². The van der Waals surface area contributed by atoms with Crippen LogP contribution in [0.15, 0.2) is 18.6 Å². The van der Waals surface area contributed by atoms with Crippen molar-refractivity contribution in [2.45, 2.75) is 45.8 Å². The lowest BCUT2D eigenvalue weighted by molar-refractivity contribution is 0.00578. The van der Waals surface area contributed by atoms with Crippen molar-refractivity contribution in [3.8, 4) is 0 Å². The third-order valence-electron chi connectivity index (χ3n) is 4.18. The third-order valence-corrected chi connectivity index (χ3v) is 4.18. The van der Waals surface area contributed by atoms with E-state index in [2.05, 4.69) is 37.8 Å². The van der Waals surface area contributed by atoms with Gasteiger partial charge in [-0.3, -0.25) is 0 Å². The quantitative estimate of drug-likeness (QED) is 0.725. The lowest BCUT2D eigenvalue weighted by Gasteiger charge is -2.32. The van der Waals surface area contributed by atoms with E-state index >= 15 is 0 Å². The second-order valence-corrected chi connectivity index (χ2v) is 6.00. The molecule has 0 spiro atoms. The average Bonchev–Trinajstić information content (AvgIpc) is 2.80. The lowest BCUT2D eigenvalue weighted by Crippen LogP contribution is -2.41. The molecule has 1 fully saturated rings. The van der Waals surface area contributed by atoms with Crippen LogP contribution in [0.3, 0.4) is 0 Å². The first kappa shape index (κ1) is 12.6. The minimum Gasteiger partial charge on any atom is -0.399 e. The van der Waals surface area contributed by atoms with Crippen molar-refractivity contribution in [1.29, 1.82) is 0 Å². The zero-order chi connectivity index (χ0) is 13.8. The molecule has 6 heteroatoms. The fourth-order valence-corrected chi connectivity index (χ4v) is 2.30. The Labute approximate surface area is 113 Å². The summed E-state index contributed by atoms with van der Waals surface area (Å²) < 4.78 is 14.0. The van der Waals surface area contributed by atoms with Crippen LogP contribution in [0.1, 0.15) is 33.4 Å². The van der Waals surface area contributed by atoms with Crippen molar-refractivity contribution in [2.75, 3.05) is 0 Å². The summed E-state index contributed by atoms with van der Waals surface area (Å²) in [6, 6.07) is 1.99. The maximum absolute atomic E-state index is 6.08. The van der Waals surface area contributed by atoms with Crippen LogP contribution in [0.5, 0.6) is 0 Å². The third kappa shape index (κ3) is 1.78. The van der Waals surface area contributed by atoms with Gasteiger partial charge in [-0.05, 0) is 40.7 Å². The number of hydrogen-bond donors (Lipinski definition) is 0. The number of fused-ring (bicyclic) bond motifs is 1. The second-order valence-electron chi connectivity index (χ2n) is 6.00. The summed E-state index contributed by atoms with van der Waals surface area (Å²) in [5, 5.41) is 4.20. The van der Waals surface area contributed by atoms with E-state index in [4.69, 9.17) is 9.31 Å². The van der Waals surface area contributed by atoms with E-state index in [1.54, 1.807) is 6.33 Å². The fraction of sp³-hybridized carbons (Fsp3) is 0.538. The van der Waals surface area contributed by atoms with Crippen molar-refractivity contribution < 1.29 is 9.31 Å². The smallest absolute Gasteiger partial charge is 0.399 e. The summed E-state index contributed by atoms with van der Waals surface area (Å²) >= 11 is 0. The number of nitrogens with zero attached hydrogens (tertiary/aromatic N) is 3. The molecule has 0 amide bonds. The van der Waals surface area contributed by atoms with E-state index in [0.29, 0.717) is 0 Å². The zero-order valence-corrected chi connectivity index (χ0v) is 12.0. The molecule has 0 saturated carbocycles. The molecule has 0 unspecified atom stereocenters. The van der Waals surface area contributed by atoms with Gasteiger partial charge in [-0.25, -0.2) is 9.50 Å². The van der Waals surface area contributed by atoms with Crippen LogP contribution in [0, 0.1) is 6.92 Å². The van der Waals surface area contributed by atoms with Gasteiger partial charge in [0.15, 0.2) is 0 Å². The van der Waals surface area contributed by atoms with Crippen molar-refractivity contribution in [1.82, 2.24) is 14.6 Å². The van der Waals surface area contributed by atoms with E-state index in [1.807, 2.05) is 23.7 Å². The molecule has 3 heterocycles. The highest BCUT2D eigenvalue weighted by molar-refractivity contribution is 6.64. The molecule has 0 aliphatic carbocycles. The minimum atomic E-state index is -0.375. The van der Waals surface area contributed by atoms with Crippen LogP contribution < -0.4 is 5.46 Å². The number of rotatable bonds is 1. The summed E-state index contributed by atoms with van der Waals surface area (Å²) in [6.07, 6.45) is 3.46. The molecule has 1 aliphatic heterocycles. The highest BCUT2D eigenvalue weighted by Crippen LogP contribution is 2.36. The van der Waals surface area contributed by atoms with Gasteiger partial charge < -0.3 is 9.31 Å². The highest BCUT2D eigenvalue weighted by atomic mass is 16.7. The maximum Gasteiger partial charge on any atom is 0.497 e. The Morgan fingerprint density at radius 2 is 1.79 bits per heavy atom. The summed E-state index contributed by atoms with van der Waals surface area (Å²) in [5.74, 6) is 0. The van der Waals surface area contributed by atoms with E-state index in [1.165, 1.54) is 0 Å². The molecular formula is C13H18BN3O2. The molecule has 0 aromatic carbocycles. The maximum atomic E-state index is 6.08. The number of hydrogen-bond acceptors (Lipinski definition) is 4. The molecule has 0 radical (unpaired) electrons. The first-order valence-corrected chi connectivity index (χ1v) is 6.46. The molecule has 2 aromatic heterocycles. The molecule has 0 bridgehead atoms. The standard InChI is InChI=1S/C13H18BN3O2/c1-9-11-10(6-7-17(11)16-8-15-9)14-18-12(2,3)13(4,5)19-14/h6-8H,1-5H3. The van der Waals surface area contributed by atoms with Gasteiger partial charge in [0.05, 0.1) is 22.4 Å². The van der Waals surface area contributed by atoms with Crippen molar-refractivity contribution in [2.24, 2.45) is 0 Å². The zero-order valence-electron chi connectivity index (χ0n) is 12.0. The van der Waals surface area contributed by atoms with Crippen LogP contribution in [-0.2, 0) is 9.31 Å². The van der Waals surface area contributed by atoms with Gasteiger partial charge in [-0.2, -0.15) is 5.10 Å². The summed E-state index contributed by atoms with van der Waals surface area (Å²) in [4.78, 5) is 4.24. The first-order valence-electron chi connectivity index (χ1n) is 6.46. The van der Waals surface area contributed by atoms with Crippen LogP contribution in [0.4, 0.5) is 0 Å². The van der Waals surface area contributed by atoms with Crippen LogP contribution in [-0.4, -0.2) is 32.9 Å². The van der Waals surface area contributed by atoms with Crippen LogP contribution >= 0.6 is 0 Å². The summed E-state index contributed by atoms with van der Waals surface area (Å²) in [7, 11) is -0.375. The van der Waals surface area contributed by atoms with E-state index in [9.17, 15) is 0 Å². The van der Waals surface area contributed by atoms with E-state index in [0.717, 1.165) is 16.7 Å². The SMILES string of the molecule is Cc1ncnn2ccc(B3OC(C)(C)C(C)(C)O3)c12. The largest absolute Gasteiger partial charge is 0.497 e. The Hall–Kier alpha value is -1.40. The molecular weight excluding hydrogens is 241 g/mol. The van der Waals surface area contributed by atoms with E-state index < -0.39 is 0 Å². The topological polar surface area (TPSA) is 48.7 Å². The minimum absolute atomic E-state index is 0.338. The molecule has 100 valence electrons. The van der Waals surface area contributed by atoms with Gasteiger partial charge in [-0.1, -0.05) is 0 Å². The Morgan fingerprint density at radius 1 is 1.16 bits per heavy atom. The van der Waals surface area contributed by atoms with Gasteiger partial charge in [0.2, 0.25) is 0 Å². The molecule has 1 saturated heterocycles. The first-order chi connectivity index (χ1) is 8.82. The monoisotopic (exact) mass is 259 g/mol. The van der Waals surface area contributed by atoms with Gasteiger partial charge in [0.1, 0.15) is 6.33 Å². The van der Waals surface area contributed by atoms with E-state index in [-0.39, 0.29) is 18.3 Å². The van der Waals surface area contributed by atoms with Gasteiger partial charge in [0.25, 0.3) is 0 Å². The summed E-state index contributed by atoms with van der Waals surface area (Å²) in [6.45, 7) is 10.2. The lowest BCUT2D eigenvalue weighted by atomic mass is 9.79. The molecule has 0 atom stereocenters. The van der Waals surface area contributed by atoms with Crippen LogP contribution in [0.25, 0.3) is 5.52 Å². The molecule has 2 aromatic rings. The van der Waals surface area contributed by atoms with Crippen molar-refractivity contribution in [3.05, 3.63) is 24.3 Å². The Kier molecular flexibility index (Phi) is 2.53. The Balaban J connectivity index is 2.08. The number of aryl methyl sites for hydroxylation is 1. The molecule has 1 aliphatic rings. The normalized spacial score (nSPS) is 21.2. The predicted molar refractivity (Wildman–Crippen MR) is 73.4 cm³/mol. The van der Waals surface area contributed by atoms with Gasteiger partial charge in [-0.15, -0.1) is 0 Å². The predicted octanol–water partition coefficient (Wildman–Crippen LogP) is 1.34. The molecule has 5 nitrogen and oxygen atoms in total. The summed E-state index contributed by atoms with van der Waals surface area (Å²) in [5.41, 5.74) is 2.19. The van der Waals surface area contributed by atoms with Crippen molar-refractivity contribution in [3.63, 3.8) is 0 Å². The fourth-order valence-electron chi connectivity index (χ4n) is 2.30. The number of aromatic nitrogens is 3. The molecule has 19 heavy (non-hydrogen) atoms. The highest BCUT2D eigenvalue weighted by Gasteiger charge is 2.52. The molecule has 3 rings (SSSR count). The average molecular weight is 259 g/mol. The van der Waals surface area contributed by atoms with Crippen LogP contribution in [0.2, 0.25) is 0 Å². The Morgan fingerprint density at radius 3 is 2.42 bits per heavy atom.